The summed E-state index contributed by atoms with van der Waals surface area (Å²) in [7, 11) is -10.4. The number of nitrogens with zero attached hydrogens (tertiary/aromatic N) is 4. The molecule has 1 aromatic heterocycles. The molecule has 2 unspecified atom stereocenters. The van der Waals surface area contributed by atoms with Crippen LogP contribution in [-0.4, -0.2) is 45.1 Å². The maximum atomic E-state index is 13.9. The van der Waals surface area contributed by atoms with E-state index < -0.39 is 88.8 Å². The normalized spacial score (nSPS) is 18.4. The Morgan fingerprint density at radius 1 is 0.949 bits per heavy atom. The molecule has 0 amide bonds. The lowest BCUT2D eigenvalue weighted by Gasteiger charge is -2.22. The monoisotopic (exact) mass is 870 g/mol. The van der Waals surface area contributed by atoms with Crippen molar-refractivity contribution < 1.29 is 68.9 Å². The number of ether oxygens (including phenoxy) is 3. The van der Waals surface area contributed by atoms with Gasteiger partial charge in [-0.05, 0) is 72.1 Å². The average Bonchev–Trinajstić information content (AvgIpc) is 3.56. The first kappa shape index (κ1) is 46.3. The van der Waals surface area contributed by atoms with E-state index >= 15 is 0 Å². The predicted molar refractivity (Wildman–Crippen MR) is 197 cm³/mol. The largest absolute Gasteiger partial charge is 0.484 e. The van der Waals surface area contributed by atoms with Crippen LogP contribution in [0, 0.1) is 6.92 Å². The zero-order valence-electron chi connectivity index (χ0n) is 30.8. The van der Waals surface area contributed by atoms with Gasteiger partial charge in [-0.2, -0.15) is 17.5 Å². The van der Waals surface area contributed by atoms with Crippen LogP contribution in [0.15, 0.2) is 93.7 Å². The number of carbonyl (C=O) groups is 2. The number of benzene rings is 3. The summed E-state index contributed by atoms with van der Waals surface area (Å²) in [5.41, 5.74) is 7.26. The number of hydrogen-bond donors (Lipinski definition) is 3. The van der Waals surface area contributed by atoms with Gasteiger partial charge in [0.05, 0.1) is 43.1 Å². The number of esters is 2. The van der Waals surface area contributed by atoms with Crippen LogP contribution in [0.4, 0.5) is 13.2 Å². The number of aryl methyl sites for hydroxylation is 1. The van der Waals surface area contributed by atoms with E-state index in [4.69, 9.17) is 37.6 Å². The SMILES string of the molecule is CC(=O)Oc1ccc(COP(=O)(OCc2ccc(OC(=O)c3ccc(C(F)(F)F)cc3)cc2)OP(=O)(O)OC[C@H]2O[C@@H](n3cc(C)c(=O)[nH]c3=O)C[C@@H]2N=[N+]=[N-])cc1.N. The molecule has 20 nitrogen and oxygen atoms in total. The lowest BCUT2D eigenvalue weighted by Crippen LogP contribution is -2.33. The van der Waals surface area contributed by atoms with Crippen LogP contribution in [0.3, 0.4) is 0 Å². The molecule has 5 N–H and O–H groups in total. The maximum Gasteiger partial charge on any atom is 0.484 e. The molecule has 2 heterocycles. The van der Waals surface area contributed by atoms with Crippen LogP contribution in [-0.2, 0) is 55.9 Å². The van der Waals surface area contributed by atoms with Gasteiger partial charge in [-0.1, -0.05) is 29.4 Å². The molecule has 316 valence electrons. The predicted octanol–water partition coefficient (Wildman–Crippen LogP) is 6.81. The molecule has 1 fully saturated rings. The number of halogens is 3. The van der Waals surface area contributed by atoms with Crippen molar-refractivity contribution in [2.45, 2.75) is 58.0 Å². The molecule has 5 rings (SSSR count). The van der Waals surface area contributed by atoms with Gasteiger partial charge < -0.3 is 25.3 Å². The van der Waals surface area contributed by atoms with Crippen molar-refractivity contribution in [3.8, 4) is 11.5 Å². The first-order valence-electron chi connectivity index (χ1n) is 16.7. The number of phosphoric acid groups is 2. The smallest absolute Gasteiger partial charge is 0.427 e. The van der Waals surface area contributed by atoms with Crippen LogP contribution in [0.2, 0.25) is 0 Å². The molecule has 0 bridgehead atoms. The third kappa shape index (κ3) is 13.0. The second-order valence-electron chi connectivity index (χ2n) is 12.3. The summed E-state index contributed by atoms with van der Waals surface area (Å²) in [6.07, 6.45) is -5.80. The molecular formula is C34H35F3N6O14P2. The van der Waals surface area contributed by atoms with Crippen molar-refractivity contribution in [3.63, 3.8) is 0 Å². The van der Waals surface area contributed by atoms with Crippen molar-refractivity contribution in [1.29, 1.82) is 0 Å². The Morgan fingerprint density at radius 3 is 2.03 bits per heavy atom. The Morgan fingerprint density at radius 2 is 1.51 bits per heavy atom. The topological polar surface area (TPSA) is 292 Å². The Hall–Kier alpha value is -5.44. The molecule has 0 radical (unpaired) electrons. The van der Waals surface area contributed by atoms with E-state index in [1.165, 1.54) is 68.6 Å². The minimum atomic E-state index is -5.38. The Labute approximate surface area is 331 Å². The van der Waals surface area contributed by atoms with Crippen molar-refractivity contribution >= 4 is 27.6 Å². The maximum absolute atomic E-state index is 13.9. The number of aromatic amines is 1. The molecule has 3 aromatic carbocycles. The van der Waals surface area contributed by atoms with E-state index in [0.717, 1.165) is 28.8 Å². The Balaban J connectivity index is 0.00000769. The second-order valence-corrected chi connectivity index (χ2v) is 15.6. The summed E-state index contributed by atoms with van der Waals surface area (Å²) in [6, 6.07) is 13.3. The zero-order chi connectivity index (χ0) is 42.3. The van der Waals surface area contributed by atoms with Crippen LogP contribution < -0.4 is 26.9 Å². The molecule has 0 spiro atoms. The van der Waals surface area contributed by atoms with Gasteiger partial charge in [0.1, 0.15) is 17.7 Å². The van der Waals surface area contributed by atoms with E-state index in [1.54, 1.807) is 0 Å². The van der Waals surface area contributed by atoms with Crippen molar-refractivity contribution in [3.05, 3.63) is 138 Å². The lowest BCUT2D eigenvalue weighted by molar-refractivity contribution is -0.137. The molecule has 1 aliphatic heterocycles. The fourth-order valence-electron chi connectivity index (χ4n) is 5.17. The van der Waals surface area contributed by atoms with Gasteiger partial charge >= 0.3 is 39.5 Å². The average molecular weight is 871 g/mol. The minimum Gasteiger partial charge on any atom is -0.427 e. The summed E-state index contributed by atoms with van der Waals surface area (Å²) in [6.45, 7) is 0.723. The number of rotatable bonds is 16. The van der Waals surface area contributed by atoms with Gasteiger partial charge in [-0.25, -0.2) is 18.7 Å². The zero-order valence-corrected chi connectivity index (χ0v) is 32.6. The van der Waals surface area contributed by atoms with Crippen molar-refractivity contribution in [2.24, 2.45) is 5.11 Å². The molecule has 25 heteroatoms. The molecule has 4 aromatic rings. The summed E-state index contributed by atoms with van der Waals surface area (Å²) >= 11 is 0. The first-order valence-corrected chi connectivity index (χ1v) is 19.6. The number of azide groups is 1. The Bertz CT molecular complexity index is 2390. The number of hydrogen-bond acceptors (Lipinski definition) is 15. The molecular weight excluding hydrogens is 835 g/mol. The number of phosphoric ester groups is 2. The number of nitrogens with one attached hydrogen (secondary N) is 1. The van der Waals surface area contributed by atoms with E-state index in [-0.39, 0.29) is 40.8 Å². The van der Waals surface area contributed by atoms with Gasteiger partial charge in [0.25, 0.3) is 5.56 Å². The van der Waals surface area contributed by atoms with Crippen LogP contribution in [0.1, 0.15) is 52.2 Å². The third-order valence-corrected chi connectivity index (χ3v) is 11.0. The highest BCUT2D eigenvalue weighted by Gasteiger charge is 2.42. The van der Waals surface area contributed by atoms with Gasteiger partial charge in [0, 0.05) is 30.0 Å². The summed E-state index contributed by atoms with van der Waals surface area (Å²) in [5, 5.41) is 3.60. The fraction of sp³-hybridized carbons (Fsp3) is 0.294. The van der Waals surface area contributed by atoms with Crippen molar-refractivity contribution in [2.75, 3.05) is 6.61 Å². The number of aromatic nitrogens is 2. The van der Waals surface area contributed by atoms with E-state index in [1.807, 2.05) is 0 Å². The molecule has 0 aliphatic carbocycles. The fourth-order valence-corrected chi connectivity index (χ4v) is 7.77. The molecule has 1 aliphatic rings. The summed E-state index contributed by atoms with van der Waals surface area (Å²) in [4.78, 5) is 63.5. The molecule has 59 heavy (non-hydrogen) atoms. The highest BCUT2D eigenvalue weighted by molar-refractivity contribution is 7.61. The third-order valence-electron chi connectivity index (χ3n) is 8.01. The minimum absolute atomic E-state index is 0. The number of carbonyl (C=O) groups excluding carboxylic acids is 2. The lowest BCUT2D eigenvalue weighted by atomic mass is 10.1. The number of alkyl halides is 3. The second kappa shape index (κ2) is 19.5. The number of H-pyrrole nitrogens is 1. The van der Waals surface area contributed by atoms with Gasteiger partial charge in [-0.15, -0.1) is 0 Å². The van der Waals surface area contributed by atoms with E-state index in [0.29, 0.717) is 5.56 Å². The first-order chi connectivity index (χ1) is 27.3. The molecule has 5 atom stereocenters. The van der Waals surface area contributed by atoms with Crippen LogP contribution >= 0.6 is 15.6 Å². The Kier molecular flexibility index (Phi) is 15.3. The molecule has 1 saturated heterocycles. The standard InChI is InChI=1S/C34H32F3N5O14P2.H3N/c1-20-16-42(33(46)39-31(20)44)30-15-28(40-41-38)29(55-30)19-50-57(47,48)56-58(49,51-17-22-3-11-26(12-4-22)53-21(2)43)52-18-23-5-13-27(14-6-23)54-32(45)24-7-9-25(10-8-24)34(35,36)37;/h3-14,16,28-30H,15,17-19H2,1-2H3,(H,47,48)(H,39,44,46);1H3/t28-,29+,30+,58?;/m0./s1. The summed E-state index contributed by atoms with van der Waals surface area (Å²) < 4.78 is 103. The summed E-state index contributed by atoms with van der Waals surface area (Å²) in [5.74, 6) is -1.37. The van der Waals surface area contributed by atoms with Gasteiger partial charge in [0.2, 0.25) is 0 Å². The van der Waals surface area contributed by atoms with Gasteiger partial charge in [-0.3, -0.25) is 32.7 Å². The van der Waals surface area contributed by atoms with E-state index in [2.05, 4.69) is 15.0 Å². The van der Waals surface area contributed by atoms with E-state index in [9.17, 15) is 46.4 Å². The quantitative estimate of drug-likeness (QED) is 0.0260. The highest BCUT2D eigenvalue weighted by atomic mass is 31.3. The van der Waals surface area contributed by atoms with Gasteiger partial charge in [0.15, 0.2) is 0 Å². The molecule has 0 saturated carbocycles. The van der Waals surface area contributed by atoms with Crippen molar-refractivity contribution in [1.82, 2.24) is 15.7 Å². The van der Waals surface area contributed by atoms with Crippen LogP contribution in [0.5, 0.6) is 11.5 Å². The highest BCUT2D eigenvalue weighted by Crippen LogP contribution is 2.64. The van der Waals surface area contributed by atoms with Crippen LogP contribution in [0.25, 0.3) is 10.4 Å².